The monoisotopic (exact) mass is 416 g/mol. The second kappa shape index (κ2) is 10.8. The fourth-order valence-electron chi connectivity index (χ4n) is 2.82. The van der Waals surface area contributed by atoms with E-state index in [0.29, 0.717) is 12.0 Å². The molecule has 0 spiro atoms. The lowest BCUT2D eigenvalue weighted by Gasteiger charge is -2.32. The van der Waals surface area contributed by atoms with Gasteiger partial charge >= 0.3 is 0 Å². The number of rotatable bonds is 6. The number of benzene rings is 1. The second-order valence-corrected chi connectivity index (χ2v) is 5.81. The van der Waals surface area contributed by atoms with Gasteiger partial charge in [0.25, 0.3) is 0 Å². The number of hydrogen-bond donors (Lipinski definition) is 2. The van der Waals surface area contributed by atoms with Gasteiger partial charge in [0.1, 0.15) is 0 Å². The predicted octanol–water partition coefficient (Wildman–Crippen LogP) is 2.63. The van der Waals surface area contributed by atoms with Gasteiger partial charge in [-0.25, -0.2) is 0 Å². The third kappa shape index (κ3) is 6.96. The van der Waals surface area contributed by atoms with Crippen LogP contribution in [0, 0.1) is 0 Å². The highest BCUT2D eigenvalue weighted by molar-refractivity contribution is 14.0. The molecule has 124 valence electrons. The molecule has 0 aliphatic carbocycles. The minimum absolute atomic E-state index is 0. The third-order valence-electron chi connectivity index (χ3n) is 4.17. The summed E-state index contributed by atoms with van der Waals surface area (Å²) in [7, 11) is 0. The molecule has 1 heterocycles. The molecule has 1 aliphatic heterocycles. The summed E-state index contributed by atoms with van der Waals surface area (Å²) in [5.74, 6) is 0.565. The standard InChI is InChI=1S/C17H28N4.HI/c1-15-7-5-6-13-21(15)14-12-20-17(18)19-11-10-16-8-3-2-4-9-16;/h2-4,8-9,15H,5-7,10-14H2,1H3,(H3,18,19,20);1H. The molecule has 0 bridgehead atoms. The van der Waals surface area contributed by atoms with Gasteiger partial charge < -0.3 is 11.1 Å². The molecule has 0 amide bonds. The minimum Gasteiger partial charge on any atom is -0.370 e. The van der Waals surface area contributed by atoms with E-state index in [1.54, 1.807) is 0 Å². The van der Waals surface area contributed by atoms with Gasteiger partial charge in [0.15, 0.2) is 5.96 Å². The molecule has 22 heavy (non-hydrogen) atoms. The molecule has 0 radical (unpaired) electrons. The van der Waals surface area contributed by atoms with Gasteiger partial charge in [-0.2, -0.15) is 0 Å². The summed E-state index contributed by atoms with van der Waals surface area (Å²) < 4.78 is 0. The van der Waals surface area contributed by atoms with E-state index in [4.69, 9.17) is 5.73 Å². The first-order valence-corrected chi connectivity index (χ1v) is 8.07. The highest BCUT2D eigenvalue weighted by atomic mass is 127. The highest BCUT2D eigenvalue weighted by Crippen LogP contribution is 2.15. The van der Waals surface area contributed by atoms with Crippen molar-refractivity contribution < 1.29 is 0 Å². The molecule has 1 aromatic rings. The van der Waals surface area contributed by atoms with Crippen LogP contribution in [0.15, 0.2) is 35.3 Å². The highest BCUT2D eigenvalue weighted by Gasteiger charge is 2.16. The third-order valence-corrected chi connectivity index (χ3v) is 4.17. The van der Waals surface area contributed by atoms with Gasteiger partial charge in [-0.1, -0.05) is 36.8 Å². The molecule has 2 rings (SSSR count). The summed E-state index contributed by atoms with van der Waals surface area (Å²) in [6.45, 7) is 6.15. The fraction of sp³-hybridized carbons (Fsp3) is 0.588. The van der Waals surface area contributed by atoms with Crippen LogP contribution in [-0.4, -0.2) is 43.1 Å². The number of piperidine rings is 1. The summed E-state index contributed by atoms with van der Waals surface area (Å²) in [6.07, 6.45) is 4.97. The zero-order valence-corrected chi connectivity index (χ0v) is 15.8. The van der Waals surface area contributed by atoms with Crippen LogP contribution >= 0.6 is 24.0 Å². The Morgan fingerprint density at radius 1 is 1.32 bits per heavy atom. The Hall–Kier alpha value is -0.820. The van der Waals surface area contributed by atoms with Crippen LogP contribution in [0.5, 0.6) is 0 Å². The zero-order valence-electron chi connectivity index (χ0n) is 13.5. The van der Waals surface area contributed by atoms with Crippen molar-refractivity contribution in [3.63, 3.8) is 0 Å². The lowest BCUT2D eigenvalue weighted by molar-refractivity contribution is 0.166. The Kier molecular flexibility index (Phi) is 9.47. The second-order valence-electron chi connectivity index (χ2n) is 5.81. The molecule has 0 aromatic heterocycles. The molecule has 1 fully saturated rings. The lowest BCUT2D eigenvalue weighted by Crippen LogP contribution is -2.40. The molecule has 1 saturated heterocycles. The van der Waals surface area contributed by atoms with Crippen molar-refractivity contribution in [3.05, 3.63) is 35.9 Å². The molecule has 4 nitrogen and oxygen atoms in total. The molecule has 1 unspecified atom stereocenters. The zero-order chi connectivity index (χ0) is 14.9. The van der Waals surface area contributed by atoms with Crippen molar-refractivity contribution in [3.8, 4) is 0 Å². The van der Waals surface area contributed by atoms with Gasteiger partial charge in [0.05, 0.1) is 6.54 Å². The smallest absolute Gasteiger partial charge is 0.188 e. The normalized spacial score (nSPS) is 19.5. The van der Waals surface area contributed by atoms with E-state index >= 15 is 0 Å². The van der Waals surface area contributed by atoms with E-state index in [0.717, 1.165) is 26.1 Å². The Bertz CT molecular complexity index is 436. The molecule has 5 heteroatoms. The molecule has 3 N–H and O–H groups in total. The van der Waals surface area contributed by atoms with Gasteiger partial charge in [0.2, 0.25) is 0 Å². The van der Waals surface area contributed by atoms with E-state index in [-0.39, 0.29) is 24.0 Å². The fourth-order valence-corrected chi connectivity index (χ4v) is 2.82. The number of guanidine groups is 1. The Balaban J connectivity index is 0.00000242. The summed E-state index contributed by atoms with van der Waals surface area (Å²) in [5.41, 5.74) is 7.23. The molecule has 1 aromatic carbocycles. The minimum atomic E-state index is 0. The van der Waals surface area contributed by atoms with Gasteiger partial charge in [-0.05, 0) is 38.3 Å². The first-order valence-electron chi connectivity index (χ1n) is 8.07. The van der Waals surface area contributed by atoms with Gasteiger partial charge in [-0.15, -0.1) is 24.0 Å². The topological polar surface area (TPSA) is 53.6 Å². The largest absolute Gasteiger partial charge is 0.370 e. The SMILES string of the molecule is CC1CCCCN1CCN=C(N)NCCc1ccccc1.I. The van der Waals surface area contributed by atoms with Crippen LogP contribution < -0.4 is 11.1 Å². The van der Waals surface area contributed by atoms with Gasteiger partial charge in [0, 0.05) is 19.1 Å². The van der Waals surface area contributed by atoms with Crippen molar-refractivity contribution in [1.82, 2.24) is 10.2 Å². The van der Waals surface area contributed by atoms with Crippen molar-refractivity contribution in [2.45, 2.75) is 38.6 Å². The van der Waals surface area contributed by atoms with E-state index in [1.165, 1.54) is 31.4 Å². The maximum Gasteiger partial charge on any atom is 0.188 e. The van der Waals surface area contributed by atoms with Crippen LogP contribution in [-0.2, 0) is 6.42 Å². The van der Waals surface area contributed by atoms with Crippen molar-refractivity contribution in [2.75, 3.05) is 26.2 Å². The Morgan fingerprint density at radius 2 is 2.09 bits per heavy atom. The van der Waals surface area contributed by atoms with E-state index in [9.17, 15) is 0 Å². The Labute approximate surface area is 151 Å². The van der Waals surface area contributed by atoms with E-state index < -0.39 is 0 Å². The average Bonchev–Trinajstić information content (AvgIpc) is 2.50. The molecular formula is C17H29IN4. The van der Waals surface area contributed by atoms with E-state index in [1.807, 2.05) is 6.07 Å². The van der Waals surface area contributed by atoms with Crippen molar-refractivity contribution in [2.24, 2.45) is 10.7 Å². The summed E-state index contributed by atoms with van der Waals surface area (Å²) >= 11 is 0. The average molecular weight is 416 g/mol. The molecular weight excluding hydrogens is 387 g/mol. The quantitative estimate of drug-likeness (QED) is 0.426. The molecule has 1 atom stereocenters. The Morgan fingerprint density at radius 3 is 2.82 bits per heavy atom. The van der Waals surface area contributed by atoms with Gasteiger partial charge in [-0.3, -0.25) is 9.89 Å². The van der Waals surface area contributed by atoms with Crippen LogP contribution in [0.4, 0.5) is 0 Å². The number of hydrogen-bond acceptors (Lipinski definition) is 2. The number of halogens is 1. The number of likely N-dealkylation sites (tertiary alicyclic amines) is 1. The predicted molar refractivity (Wildman–Crippen MR) is 105 cm³/mol. The maximum atomic E-state index is 5.91. The van der Waals surface area contributed by atoms with Crippen LogP contribution in [0.2, 0.25) is 0 Å². The summed E-state index contributed by atoms with van der Waals surface area (Å²) in [6, 6.07) is 11.1. The van der Waals surface area contributed by atoms with Crippen LogP contribution in [0.3, 0.4) is 0 Å². The number of aliphatic imine (C=N–C) groups is 1. The number of nitrogens with zero attached hydrogens (tertiary/aromatic N) is 2. The number of nitrogens with two attached hydrogens (primary N) is 1. The van der Waals surface area contributed by atoms with Crippen molar-refractivity contribution >= 4 is 29.9 Å². The van der Waals surface area contributed by atoms with Crippen LogP contribution in [0.25, 0.3) is 0 Å². The van der Waals surface area contributed by atoms with Crippen molar-refractivity contribution in [1.29, 1.82) is 0 Å². The van der Waals surface area contributed by atoms with E-state index in [2.05, 4.69) is 46.4 Å². The molecule has 0 saturated carbocycles. The summed E-state index contributed by atoms with van der Waals surface area (Å²) in [5, 5.41) is 3.19. The lowest BCUT2D eigenvalue weighted by atomic mass is 10.0. The number of nitrogens with one attached hydrogen (secondary N) is 1. The molecule has 1 aliphatic rings. The first-order chi connectivity index (χ1) is 10.3. The maximum absolute atomic E-state index is 5.91. The first kappa shape index (κ1) is 19.2. The van der Waals surface area contributed by atoms with Crippen LogP contribution in [0.1, 0.15) is 31.7 Å². The summed E-state index contributed by atoms with van der Waals surface area (Å²) in [4.78, 5) is 6.94.